The van der Waals surface area contributed by atoms with E-state index in [-0.39, 0.29) is 12.4 Å². The molecular formula is C19H13Cl2NO3. The number of pyridine rings is 1. The number of halogens is 2. The topological polar surface area (TPSA) is 52.3 Å². The summed E-state index contributed by atoms with van der Waals surface area (Å²) in [5.74, 6) is 1.49. The van der Waals surface area contributed by atoms with Crippen molar-refractivity contribution in [3.05, 3.63) is 88.1 Å². The van der Waals surface area contributed by atoms with Crippen molar-refractivity contribution in [3.63, 3.8) is 0 Å². The number of nitrogens with zero attached hydrogens (tertiary/aromatic N) is 1. The maximum atomic E-state index is 12.0. The molecule has 0 radical (unpaired) electrons. The number of rotatable bonds is 6. The Hall–Kier alpha value is -2.56. The van der Waals surface area contributed by atoms with Gasteiger partial charge in [0.1, 0.15) is 28.9 Å². The minimum absolute atomic E-state index is 0.145. The minimum Gasteiger partial charge on any atom is -0.484 e. The van der Waals surface area contributed by atoms with Crippen molar-refractivity contribution in [2.24, 2.45) is 0 Å². The van der Waals surface area contributed by atoms with Crippen molar-refractivity contribution in [1.82, 2.24) is 4.98 Å². The second-order valence-electron chi connectivity index (χ2n) is 5.08. The zero-order chi connectivity index (χ0) is 17.6. The molecule has 126 valence electrons. The molecule has 4 nitrogen and oxygen atoms in total. The Morgan fingerprint density at radius 2 is 2.04 bits per heavy atom. The Labute approximate surface area is 154 Å². The van der Waals surface area contributed by atoms with Crippen molar-refractivity contribution < 1.29 is 13.9 Å². The van der Waals surface area contributed by atoms with Crippen molar-refractivity contribution in [3.8, 4) is 5.75 Å². The summed E-state index contributed by atoms with van der Waals surface area (Å²) in [6.07, 6.45) is 6.17. The first-order valence-electron chi connectivity index (χ1n) is 7.41. The molecule has 0 amide bonds. The highest BCUT2D eigenvalue weighted by Gasteiger charge is 2.07. The Morgan fingerprint density at radius 1 is 1.16 bits per heavy atom. The number of benzene rings is 1. The summed E-state index contributed by atoms with van der Waals surface area (Å²) >= 11 is 12.0. The van der Waals surface area contributed by atoms with Gasteiger partial charge in [0.05, 0.1) is 5.02 Å². The second-order valence-corrected chi connectivity index (χ2v) is 5.87. The number of carbonyl (C=O) groups is 1. The number of carbonyl (C=O) groups excluding carboxylic acids is 1. The maximum absolute atomic E-state index is 12.0. The zero-order valence-corrected chi connectivity index (χ0v) is 14.5. The van der Waals surface area contributed by atoms with Gasteiger partial charge in [-0.05, 0) is 48.6 Å². The molecule has 2 aromatic heterocycles. The highest BCUT2D eigenvalue weighted by molar-refractivity contribution is 6.42. The van der Waals surface area contributed by atoms with E-state index in [0.29, 0.717) is 32.9 Å². The number of furan rings is 1. The average Bonchev–Trinajstić information content (AvgIpc) is 3.09. The predicted molar refractivity (Wildman–Crippen MR) is 97.1 cm³/mol. The normalized spacial score (nSPS) is 11.0. The van der Waals surface area contributed by atoms with Gasteiger partial charge in [-0.1, -0.05) is 29.3 Å². The Morgan fingerprint density at radius 3 is 2.84 bits per heavy atom. The van der Waals surface area contributed by atoms with Gasteiger partial charge in [0.25, 0.3) is 0 Å². The molecule has 3 aromatic rings. The third kappa shape index (κ3) is 4.50. The van der Waals surface area contributed by atoms with E-state index in [2.05, 4.69) is 4.98 Å². The van der Waals surface area contributed by atoms with Crippen LogP contribution in [0.15, 0.2) is 65.4 Å². The van der Waals surface area contributed by atoms with Gasteiger partial charge in [0.2, 0.25) is 0 Å². The second kappa shape index (κ2) is 8.01. The summed E-state index contributed by atoms with van der Waals surface area (Å²) in [5.41, 5.74) is 0.518. The minimum atomic E-state index is -0.145. The molecule has 2 heterocycles. The van der Waals surface area contributed by atoms with Gasteiger partial charge in [-0.3, -0.25) is 9.78 Å². The Balaban J connectivity index is 1.62. The van der Waals surface area contributed by atoms with Gasteiger partial charge in [-0.2, -0.15) is 0 Å². The molecule has 0 aliphatic heterocycles. The van der Waals surface area contributed by atoms with Crippen molar-refractivity contribution in [1.29, 1.82) is 0 Å². The predicted octanol–water partition coefficient (Wildman–Crippen LogP) is 5.46. The number of ketones is 1. The number of aromatic nitrogens is 1. The third-order valence-electron chi connectivity index (χ3n) is 3.31. The van der Waals surface area contributed by atoms with Gasteiger partial charge in [0.15, 0.2) is 5.78 Å². The molecule has 3 rings (SSSR count). The van der Waals surface area contributed by atoms with Gasteiger partial charge in [-0.15, -0.1) is 0 Å². The molecule has 0 saturated carbocycles. The van der Waals surface area contributed by atoms with E-state index in [1.165, 1.54) is 12.3 Å². The van der Waals surface area contributed by atoms with Crippen LogP contribution < -0.4 is 4.74 Å². The van der Waals surface area contributed by atoms with Crippen molar-refractivity contribution in [2.75, 3.05) is 0 Å². The molecule has 0 fully saturated rings. The lowest BCUT2D eigenvalue weighted by Crippen LogP contribution is -1.94. The number of ether oxygens (including phenoxy) is 1. The van der Waals surface area contributed by atoms with Gasteiger partial charge in [-0.25, -0.2) is 0 Å². The first-order valence-corrected chi connectivity index (χ1v) is 8.17. The number of allylic oxidation sites excluding steroid dienone is 1. The van der Waals surface area contributed by atoms with Crippen molar-refractivity contribution >= 4 is 35.1 Å². The van der Waals surface area contributed by atoms with E-state index < -0.39 is 0 Å². The molecule has 0 N–H and O–H groups in total. The summed E-state index contributed by atoms with van der Waals surface area (Å²) in [5, 5.41) is 0.786. The lowest BCUT2D eigenvalue weighted by Gasteiger charge is -2.06. The lowest BCUT2D eigenvalue weighted by molar-refractivity contribution is 0.104. The van der Waals surface area contributed by atoms with Crippen LogP contribution in [0.2, 0.25) is 10.0 Å². The van der Waals surface area contributed by atoms with Gasteiger partial charge >= 0.3 is 0 Å². The van der Waals surface area contributed by atoms with E-state index in [1.54, 1.807) is 54.7 Å². The van der Waals surface area contributed by atoms with Crippen LogP contribution in [0, 0.1) is 0 Å². The third-order valence-corrected chi connectivity index (χ3v) is 4.12. The quantitative estimate of drug-likeness (QED) is 0.425. The van der Waals surface area contributed by atoms with Crippen LogP contribution in [0.3, 0.4) is 0 Å². The number of hydrogen-bond donors (Lipinski definition) is 0. The van der Waals surface area contributed by atoms with Crippen LogP contribution in [-0.4, -0.2) is 10.8 Å². The van der Waals surface area contributed by atoms with Crippen LogP contribution >= 0.6 is 23.2 Å². The molecule has 0 unspecified atom stereocenters. The van der Waals surface area contributed by atoms with Gasteiger partial charge < -0.3 is 9.15 Å². The maximum Gasteiger partial charge on any atom is 0.187 e. The summed E-state index contributed by atoms with van der Waals surface area (Å²) in [6.45, 7) is 0.199. The van der Waals surface area contributed by atoms with Crippen LogP contribution in [0.1, 0.15) is 21.9 Å². The highest BCUT2D eigenvalue weighted by atomic mass is 35.5. The summed E-state index contributed by atoms with van der Waals surface area (Å²) in [6, 6.07) is 12.1. The van der Waals surface area contributed by atoms with E-state index in [0.717, 1.165) is 0 Å². The summed E-state index contributed by atoms with van der Waals surface area (Å²) in [7, 11) is 0. The SMILES string of the molecule is O=C(/C=C/c1ccc(COc2cccc(Cl)c2Cl)o1)c1cccnc1. The number of hydrogen-bond acceptors (Lipinski definition) is 4. The lowest BCUT2D eigenvalue weighted by atomic mass is 10.2. The Kier molecular flexibility index (Phi) is 5.53. The fourth-order valence-electron chi connectivity index (χ4n) is 2.07. The fourth-order valence-corrected chi connectivity index (χ4v) is 2.41. The molecule has 0 aliphatic carbocycles. The largest absolute Gasteiger partial charge is 0.484 e. The molecule has 0 spiro atoms. The van der Waals surface area contributed by atoms with Crippen LogP contribution in [0.25, 0.3) is 6.08 Å². The van der Waals surface area contributed by atoms with Crippen LogP contribution in [0.4, 0.5) is 0 Å². The summed E-state index contributed by atoms with van der Waals surface area (Å²) in [4.78, 5) is 15.9. The van der Waals surface area contributed by atoms with E-state index in [9.17, 15) is 4.79 Å². The molecule has 1 aromatic carbocycles. The smallest absolute Gasteiger partial charge is 0.187 e. The standard InChI is InChI=1S/C19H13Cl2NO3/c20-16-4-1-5-18(19(16)21)24-12-15-7-6-14(25-15)8-9-17(23)13-3-2-10-22-11-13/h1-11H,12H2/b9-8+. The van der Waals surface area contributed by atoms with Crippen LogP contribution in [-0.2, 0) is 6.61 Å². The molecule has 0 atom stereocenters. The first-order chi connectivity index (χ1) is 12.1. The molecule has 0 bridgehead atoms. The molecule has 25 heavy (non-hydrogen) atoms. The van der Waals surface area contributed by atoms with Crippen molar-refractivity contribution in [2.45, 2.75) is 6.61 Å². The molecular weight excluding hydrogens is 361 g/mol. The highest BCUT2D eigenvalue weighted by Crippen LogP contribution is 2.32. The van der Waals surface area contributed by atoms with Gasteiger partial charge in [0, 0.05) is 18.0 Å². The fraction of sp³-hybridized carbons (Fsp3) is 0.0526. The monoisotopic (exact) mass is 373 g/mol. The van der Waals surface area contributed by atoms with Crippen LogP contribution in [0.5, 0.6) is 5.75 Å². The first kappa shape index (κ1) is 17.3. The summed E-state index contributed by atoms with van der Waals surface area (Å²) < 4.78 is 11.2. The molecule has 0 saturated heterocycles. The average molecular weight is 374 g/mol. The van der Waals surface area contributed by atoms with E-state index in [4.69, 9.17) is 32.4 Å². The zero-order valence-electron chi connectivity index (χ0n) is 13.0. The van der Waals surface area contributed by atoms with E-state index in [1.807, 2.05) is 0 Å². The molecule has 6 heteroatoms. The Bertz CT molecular complexity index is 904. The van der Waals surface area contributed by atoms with E-state index >= 15 is 0 Å². The molecule has 0 aliphatic rings.